The number of hydrogen-bond donors (Lipinski definition) is 1. The molecule has 100 valence electrons. The summed E-state index contributed by atoms with van der Waals surface area (Å²) in [6.45, 7) is 0.590. The van der Waals surface area contributed by atoms with Crippen LogP contribution in [0.25, 0.3) is 0 Å². The van der Waals surface area contributed by atoms with Gasteiger partial charge in [-0.1, -0.05) is 23.7 Å². The highest BCUT2D eigenvalue weighted by atomic mass is 35.5. The molecular formula is C15H16ClNO2. The second-order valence-electron chi connectivity index (χ2n) is 4.13. The molecule has 0 amide bonds. The highest BCUT2D eigenvalue weighted by Crippen LogP contribution is 2.24. The molecule has 0 aliphatic carbocycles. The van der Waals surface area contributed by atoms with Crippen LogP contribution >= 0.6 is 11.6 Å². The molecule has 2 aromatic rings. The molecule has 0 atom stereocenters. The van der Waals surface area contributed by atoms with Crippen LogP contribution in [0.1, 0.15) is 5.56 Å². The molecule has 0 radical (unpaired) electrons. The van der Waals surface area contributed by atoms with Gasteiger partial charge in [-0.25, -0.2) is 0 Å². The first kappa shape index (κ1) is 13.6. The third-order valence-corrected chi connectivity index (χ3v) is 3.12. The molecular weight excluding hydrogens is 262 g/mol. The Balaban J connectivity index is 1.86. The van der Waals surface area contributed by atoms with Crippen molar-refractivity contribution in [3.63, 3.8) is 0 Å². The molecule has 0 aliphatic heterocycles. The summed E-state index contributed by atoms with van der Waals surface area (Å²) < 4.78 is 10.7. The number of nitrogen functional groups attached to an aromatic ring is 1. The lowest BCUT2D eigenvalue weighted by Gasteiger charge is -2.08. The van der Waals surface area contributed by atoms with Crippen LogP contribution in [0.4, 0.5) is 5.69 Å². The fraction of sp³-hybridized carbons (Fsp3) is 0.200. The third kappa shape index (κ3) is 3.80. The van der Waals surface area contributed by atoms with E-state index in [9.17, 15) is 0 Å². The van der Waals surface area contributed by atoms with Crippen molar-refractivity contribution in [1.29, 1.82) is 0 Å². The lowest BCUT2D eigenvalue weighted by Crippen LogP contribution is -2.01. The van der Waals surface area contributed by atoms with Crippen molar-refractivity contribution in [3.8, 4) is 11.5 Å². The number of ether oxygens (including phenoxy) is 2. The molecule has 0 saturated heterocycles. The van der Waals surface area contributed by atoms with Crippen LogP contribution in [-0.4, -0.2) is 13.7 Å². The smallest absolute Gasteiger partial charge is 0.120 e. The molecule has 0 aliphatic rings. The van der Waals surface area contributed by atoms with Gasteiger partial charge in [-0.05, 0) is 29.8 Å². The van der Waals surface area contributed by atoms with E-state index < -0.39 is 0 Å². The highest BCUT2D eigenvalue weighted by molar-refractivity contribution is 6.33. The zero-order valence-electron chi connectivity index (χ0n) is 10.7. The standard InChI is InChI=1S/C15H16ClNO2/c1-18-12-4-2-11(3-5-12)8-9-19-13-6-7-15(17)14(16)10-13/h2-7,10H,8-9,17H2,1H3. The van der Waals surface area contributed by atoms with Crippen LogP contribution in [0.5, 0.6) is 11.5 Å². The Morgan fingerprint density at radius 1 is 1.05 bits per heavy atom. The van der Waals surface area contributed by atoms with E-state index in [-0.39, 0.29) is 0 Å². The van der Waals surface area contributed by atoms with Crippen LogP contribution in [-0.2, 0) is 6.42 Å². The van der Waals surface area contributed by atoms with E-state index >= 15 is 0 Å². The Bertz CT molecular complexity index is 540. The lowest BCUT2D eigenvalue weighted by molar-refractivity contribution is 0.322. The van der Waals surface area contributed by atoms with Crippen LogP contribution in [0.2, 0.25) is 5.02 Å². The minimum absolute atomic E-state index is 0.516. The number of rotatable bonds is 5. The van der Waals surface area contributed by atoms with Crippen LogP contribution in [0.3, 0.4) is 0 Å². The van der Waals surface area contributed by atoms with Gasteiger partial charge >= 0.3 is 0 Å². The predicted octanol–water partition coefficient (Wildman–Crippen LogP) is 3.55. The molecule has 2 aromatic carbocycles. The van der Waals surface area contributed by atoms with Gasteiger partial charge in [-0.3, -0.25) is 0 Å². The minimum atomic E-state index is 0.516. The first-order chi connectivity index (χ1) is 9.19. The average Bonchev–Trinajstić information content (AvgIpc) is 2.43. The second-order valence-corrected chi connectivity index (χ2v) is 4.54. The van der Waals surface area contributed by atoms with E-state index in [4.69, 9.17) is 26.8 Å². The van der Waals surface area contributed by atoms with E-state index in [0.717, 1.165) is 17.9 Å². The molecule has 2 N–H and O–H groups in total. The third-order valence-electron chi connectivity index (χ3n) is 2.79. The monoisotopic (exact) mass is 277 g/mol. The van der Waals surface area contributed by atoms with Gasteiger partial charge in [0.1, 0.15) is 11.5 Å². The summed E-state index contributed by atoms with van der Waals surface area (Å²) in [6.07, 6.45) is 0.825. The van der Waals surface area contributed by atoms with Gasteiger partial charge in [0.05, 0.1) is 24.4 Å². The van der Waals surface area contributed by atoms with Gasteiger partial charge < -0.3 is 15.2 Å². The van der Waals surface area contributed by atoms with Crippen molar-refractivity contribution in [2.45, 2.75) is 6.42 Å². The van der Waals surface area contributed by atoms with Crippen molar-refractivity contribution >= 4 is 17.3 Å². The van der Waals surface area contributed by atoms with E-state index in [1.165, 1.54) is 5.56 Å². The highest BCUT2D eigenvalue weighted by Gasteiger charge is 2.00. The van der Waals surface area contributed by atoms with Crippen LogP contribution in [0, 0.1) is 0 Å². The molecule has 0 bridgehead atoms. The van der Waals surface area contributed by atoms with Crippen molar-refractivity contribution in [2.24, 2.45) is 0 Å². The molecule has 19 heavy (non-hydrogen) atoms. The normalized spacial score (nSPS) is 10.2. The number of methoxy groups -OCH3 is 1. The van der Waals surface area contributed by atoms with Gasteiger partial charge in [0.15, 0.2) is 0 Å². The van der Waals surface area contributed by atoms with Crippen molar-refractivity contribution in [2.75, 3.05) is 19.5 Å². The Hall–Kier alpha value is -1.87. The number of benzene rings is 2. The van der Waals surface area contributed by atoms with Crippen molar-refractivity contribution in [1.82, 2.24) is 0 Å². The number of halogens is 1. The van der Waals surface area contributed by atoms with Crippen molar-refractivity contribution in [3.05, 3.63) is 53.1 Å². The molecule has 0 fully saturated rings. The van der Waals surface area contributed by atoms with Gasteiger partial charge in [-0.2, -0.15) is 0 Å². The molecule has 0 spiro atoms. The largest absolute Gasteiger partial charge is 0.497 e. The van der Waals surface area contributed by atoms with Crippen LogP contribution in [0.15, 0.2) is 42.5 Å². The molecule has 0 aromatic heterocycles. The average molecular weight is 278 g/mol. The van der Waals surface area contributed by atoms with Gasteiger partial charge in [0.2, 0.25) is 0 Å². The van der Waals surface area contributed by atoms with E-state index in [1.807, 2.05) is 30.3 Å². The molecule has 3 nitrogen and oxygen atoms in total. The molecule has 0 heterocycles. The number of anilines is 1. The summed E-state index contributed by atoms with van der Waals surface area (Å²) in [5.74, 6) is 1.59. The fourth-order valence-corrected chi connectivity index (χ4v) is 1.85. The molecule has 4 heteroatoms. The minimum Gasteiger partial charge on any atom is -0.497 e. The Morgan fingerprint density at radius 3 is 2.37 bits per heavy atom. The Labute approximate surface area is 117 Å². The molecule has 2 rings (SSSR count). The van der Waals surface area contributed by atoms with Gasteiger partial charge in [0, 0.05) is 12.5 Å². The summed E-state index contributed by atoms with van der Waals surface area (Å²) in [7, 11) is 1.66. The zero-order chi connectivity index (χ0) is 13.7. The summed E-state index contributed by atoms with van der Waals surface area (Å²) in [5, 5.41) is 0.516. The summed E-state index contributed by atoms with van der Waals surface area (Å²) in [4.78, 5) is 0. The van der Waals surface area contributed by atoms with Crippen molar-refractivity contribution < 1.29 is 9.47 Å². The summed E-state index contributed by atoms with van der Waals surface area (Å²) >= 11 is 5.92. The Kier molecular flexibility index (Phi) is 4.53. The van der Waals surface area contributed by atoms with Crippen LogP contribution < -0.4 is 15.2 Å². The maximum Gasteiger partial charge on any atom is 0.120 e. The maximum atomic E-state index is 5.92. The van der Waals surface area contributed by atoms with E-state index in [1.54, 1.807) is 19.2 Å². The SMILES string of the molecule is COc1ccc(CCOc2ccc(N)c(Cl)c2)cc1. The summed E-state index contributed by atoms with van der Waals surface area (Å²) in [5.41, 5.74) is 7.39. The van der Waals surface area contributed by atoms with Gasteiger partial charge in [0.25, 0.3) is 0 Å². The summed E-state index contributed by atoms with van der Waals surface area (Å²) in [6, 6.07) is 13.2. The Morgan fingerprint density at radius 2 is 1.74 bits per heavy atom. The van der Waals surface area contributed by atoms with E-state index in [2.05, 4.69) is 0 Å². The quantitative estimate of drug-likeness (QED) is 0.850. The van der Waals surface area contributed by atoms with E-state index in [0.29, 0.717) is 17.3 Å². The molecule has 0 unspecified atom stereocenters. The number of hydrogen-bond acceptors (Lipinski definition) is 3. The number of nitrogens with two attached hydrogens (primary N) is 1. The van der Waals surface area contributed by atoms with Gasteiger partial charge in [-0.15, -0.1) is 0 Å². The first-order valence-corrected chi connectivity index (χ1v) is 6.37. The first-order valence-electron chi connectivity index (χ1n) is 6.00. The predicted molar refractivity (Wildman–Crippen MR) is 78.1 cm³/mol. The maximum absolute atomic E-state index is 5.92. The molecule has 0 saturated carbocycles. The topological polar surface area (TPSA) is 44.5 Å². The lowest BCUT2D eigenvalue weighted by atomic mass is 10.1. The second kappa shape index (κ2) is 6.34. The zero-order valence-corrected chi connectivity index (χ0v) is 11.5. The fourth-order valence-electron chi connectivity index (χ4n) is 1.68.